The van der Waals surface area contributed by atoms with Crippen LogP contribution in [0.5, 0.6) is 0 Å². The second-order valence-electron chi connectivity index (χ2n) is 1.63. The Hall–Kier alpha value is 0.620. The summed E-state index contributed by atoms with van der Waals surface area (Å²) in [5, 5.41) is 17.1. The molecule has 0 aliphatic carbocycles. The lowest BCUT2D eigenvalue weighted by molar-refractivity contribution is 0.113. The van der Waals surface area contributed by atoms with E-state index in [9.17, 15) is 0 Å². The first-order valence-electron chi connectivity index (χ1n) is 2.78. The van der Waals surface area contributed by atoms with Gasteiger partial charge in [-0.15, -0.1) is 0 Å². The van der Waals surface area contributed by atoms with Crippen LogP contribution in [0, 0.1) is 0 Å². The largest absolute Gasteiger partial charge is 0.394 e. The van der Waals surface area contributed by atoms with Crippen molar-refractivity contribution in [3.8, 4) is 0 Å². The Morgan fingerprint density at radius 3 is 2.67 bits per heavy atom. The second kappa shape index (κ2) is 6.74. The van der Waals surface area contributed by atoms with Gasteiger partial charge in [-0.2, -0.15) is 24.4 Å². The molecule has 0 rings (SSSR count). The number of hydrogen-bond donors (Lipinski definition) is 3. The molecular weight excluding hydrogens is 156 g/mol. The van der Waals surface area contributed by atoms with E-state index in [4.69, 9.17) is 10.2 Å². The van der Waals surface area contributed by atoms with E-state index in [0.717, 1.165) is 11.5 Å². The van der Waals surface area contributed by atoms with Gasteiger partial charge >= 0.3 is 0 Å². The molecule has 2 N–H and O–H groups in total. The summed E-state index contributed by atoms with van der Waals surface area (Å²) in [6, 6.07) is 0. The zero-order valence-corrected chi connectivity index (χ0v) is 6.87. The standard InChI is InChI=1S/C5H12O2S2/c6-3-5(7)4-9-2-1-8/h5-8H,1-4H2. The zero-order chi connectivity index (χ0) is 7.11. The maximum Gasteiger partial charge on any atom is 0.0861 e. The number of thiol groups is 1. The molecule has 0 saturated carbocycles. The Labute approximate surface area is 65.1 Å². The summed E-state index contributed by atoms with van der Waals surface area (Å²) in [4.78, 5) is 0. The molecule has 1 atom stereocenters. The van der Waals surface area contributed by atoms with E-state index in [1.807, 2.05) is 0 Å². The summed E-state index contributed by atoms with van der Waals surface area (Å²) in [5.74, 6) is 2.36. The van der Waals surface area contributed by atoms with Gasteiger partial charge in [0.05, 0.1) is 12.7 Å². The van der Waals surface area contributed by atoms with Gasteiger partial charge in [-0.25, -0.2) is 0 Å². The lowest BCUT2D eigenvalue weighted by atomic mass is 10.4. The first-order chi connectivity index (χ1) is 4.31. The van der Waals surface area contributed by atoms with E-state index in [2.05, 4.69) is 12.6 Å². The van der Waals surface area contributed by atoms with Crippen LogP contribution in [0.2, 0.25) is 0 Å². The maximum atomic E-state index is 8.79. The average Bonchev–Trinajstić information content (AvgIpc) is 1.89. The van der Waals surface area contributed by atoms with E-state index in [0.29, 0.717) is 5.75 Å². The third-order valence-corrected chi connectivity index (χ3v) is 2.40. The summed E-state index contributed by atoms with van der Waals surface area (Å²) >= 11 is 5.59. The molecule has 0 saturated heterocycles. The van der Waals surface area contributed by atoms with Crippen LogP contribution in [0.4, 0.5) is 0 Å². The van der Waals surface area contributed by atoms with Crippen molar-refractivity contribution in [3.05, 3.63) is 0 Å². The summed E-state index contributed by atoms with van der Waals surface area (Å²) < 4.78 is 0. The number of hydrogen-bond acceptors (Lipinski definition) is 4. The van der Waals surface area contributed by atoms with Crippen molar-refractivity contribution in [2.24, 2.45) is 0 Å². The SMILES string of the molecule is OCC(O)CSCCS. The van der Waals surface area contributed by atoms with Crippen molar-refractivity contribution in [2.45, 2.75) is 6.10 Å². The smallest absolute Gasteiger partial charge is 0.0861 e. The summed E-state index contributed by atoms with van der Waals surface area (Å²) in [7, 11) is 0. The molecule has 0 aliphatic heterocycles. The molecule has 0 spiro atoms. The molecule has 0 aromatic rings. The van der Waals surface area contributed by atoms with Crippen LogP contribution in [0.1, 0.15) is 0 Å². The van der Waals surface area contributed by atoms with Crippen LogP contribution in [0.15, 0.2) is 0 Å². The van der Waals surface area contributed by atoms with Gasteiger partial charge in [-0.3, -0.25) is 0 Å². The van der Waals surface area contributed by atoms with E-state index in [-0.39, 0.29) is 6.61 Å². The van der Waals surface area contributed by atoms with Crippen molar-refractivity contribution in [1.29, 1.82) is 0 Å². The van der Waals surface area contributed by atoms with Crippen LogP contribution in [0.3, 0.4) is 0 Å². The van der Waals surface area contributed by atoms with E-state index < -0.39 is 6.10 Å². The highest BCUT2D eigenvalue weighted by atomic mass is 32.2. The molecule has 0 aliphatic rings. The van der Waals surface area contributed by atoms with Gasteiger partial charge in [0.15, 0.2) is 0 Å². The summed E-state index contributed by atoms with van der Waals surface area (Å²) in [5.41, 5.74) is 0. The van der Waals surface area contributed by atoms with Crippen molar-refractivity contribution in [2.75, 3.05) is 23.9 Å². The van der Waals surface area contributed by atoms with Crippen molar-refractivity contribution < 1.29 is 10.2 Å². The molecule has 0 fully saturated rings. The maximum absolute atomic E-state index is 8.79. The molecule has 0 aromatic carbocycles. The van der Waals surface area contributed by atoms with Crippen molar-refractivity contribution in [1.82, 2.24) is 0 Å². The fraction of sp³-hybridized carbons (Fsp3) is 1.00. The lowest BCUT2D eigenvalue weighted by Gasteiger charge is -2.03. The highest BCUT2D eigenvalue weighted by Gasteiger charge is 1.99. The van der Waals surface area contributed by atoms with E-state index in [1.165, 1.54) is 0 Å². The Morgan fingerprint density at radius 2 is 2.22 bits per heavy atom. The van der Waals surface area contributed by atoms with Crippen LogP contribution in [0.25, 0.3) is 0 Å². The Morgan fingerprint density at radius 1 is 1.56 bits per heavy atom. The molecule has 0 heterocycles. The topological polar surface area (TPSA) is 40.5 Å². The molecular formula is C5H12O2S2. The molecule has 2 nitrogen and oxygen atoms in total. The average molecular weight is 168 g/mol. The molecule has 0 aromatic heterocycles. The minimum absolute atomic E-state index is 0.139. The van der Waals surface area contributed by atoms with E-state index >= 15 is 0 Å². The second-order valence-corrected chi connectivity index (χ2v) is 3.23. The van der Waals surface area contributed by atoms with Crippen LogP contribution < -0.4 is 0 Å². The highest BCUT2D eigenvalue weighted by molar-refractivity contribution is 8.00. The Balaban J connectivity index is 2.88. The fourth-order valence-corrected chi connectivity index (χ4v) is 1.40. The van der Waals surface area contributed by atoms with Crippen LogP contribution >= 0.6 is 24.4 Å². The van der Waals surface area contributed by atoms with Crippen molar-refractivity contribution >= 4 is 24.4 Å². The van der Waals surface area contributed by atoms with Gasteiger partial charge in [-0.05, 0) is 5.75 Å². The Bertz CT molecular complexity index is 60.9. The van der Waals surface area contributed by atoms with Crippen LogP contribution in [-0.4, -0.2) is 40.2 Å². The molecule has 9 heavy (non-hydrogen) atoms. The predicted molar refractivity (Wildman–Crippen MR) is 44.3 cm³/mol. The molecule has 0 amide bonds. The van der Waals surface area contributed by atoms with Gasteiger partial charge in [0.25, 0.3) is 0 Å². The molecule has 56 valence electrons. The van der Waals surface area contributed by atoms with Gasteiger partial charge in [-0.1, -0.05) is 0 Å². The predicted octanol–water partition coefficient (Wildman–Crippen LogP) is 0.00260. The minimum Gasteiger partial charge on any atom is -0.394 e. The number of aliphatic hydroxyl groups excluding tert-OH is 2. The normalized spacial score (nSPS) is 13.7. The Kier molecular flexibility index (Phi) is 7.20. The summed E-state index contributed by atoms with van der Waals surface area (Å²) in [6.07, 6.45) is -0.560. The third kappa shape index (κ3) is 6.51. The minimum atomic E-state index is -0.560. The molecule has 0 bridgehead atoms. The third-order valence-electron chi connectivity index (χ3n) is 0.757. The lowest BCUT2D eigenvalue weighted by Crippen LogP contribution is -2.14. The van der Waals surface area contributed by atoms with Crippen LogP contribution in [-0.2, 0) is 0 Å². The number of aliphatic hydroxyl groups is 2. The summed E-state index contributed by atoms with van der Waals surface area (Å²) in [6.45, 7) is -0.139. The van der Waals surface area contributed by atoms with Gasteiger partial charge in [0.1, 0.15) is 0 Å². The van der Waals surface area contributed by atoms with Crippen molar-refractivity contribution in [3.63, 3.8) is 0 Å². The fourth-order valence-electron chi connectivity index (χ4n) is 0.337. The van der Waals surface area contributed by atoms with Gasteiger partial charge < -0.3 is 10.2 Å². The van der Waals surface area contributed by atoms with E-state index in [1.54, 1.807) is 11.8 Å². The quantitative estimate of drug-likeness (QED) is 0.400. The first kappa shape index (κ1) is 9.62. The monoisotopic (exact) mass is 168 g/mol. The van der Waals surface area contributed by atoms with Gasteiger partial charge in [0, 0.05) is 11.5 Å². The zero-order valence-electron chi connectivity index (χ0n) is 5.16. The number of thioether (sulfide) groups is 1. The van der Waals surface area contributed by atoms with Gasteiger partial charge in [0.2, 0.25) is 0 Å². The number of rotatable bonds is 5. The molecule has 0 radical (unpaired) electrons. The molecule has 4 heteroatoms. The first-order valence-corrected chi connectivity index (χ1v) is 4.57. The molecule has 1 unspecified atom stereocenters. The highest BCUT2D eigenvalue weighted by Crippen LogP contribution is 2.02.